The van der Waals surface area contributed by atoms with Gasteiger partial charge in [-0.3, -0.25) is 29.4 Å². The second-order valence-electron chi connectivity index (χ2n) is 7.53. The van der Waals surface area contributed by atoms with E-state index in [9.17, 15) is 23.6 Å². The van der Waals surface area contributed by atoms with Crippen LogP contribution in [0.25, 0.3) is 0 Å². The van der Waals surface area contributed by atoms with Gasteiger partial charge in [0.15, 0.2) is 0 Å². The Hall–Kier alpha value is -2.61. The third-order valence-corrected chi connectivity index (χ3v) is 5.71. The number of piperidine rings is 1. The molecule has 2 heterocycles. The lowest BCUT2D eigenvalue weighted by molar-refractivity contribution is -0.136. The van der Waals surface area contributed by atoms with Gasteiger partial charge in [0.05, 0.1) is 11.1 Å². The van der Waals surface area contributed by atoms with Crippen molar-refractivity contribution in [2.24, 2.45) is 11.8 Å². The first-order valence-electron chi connectivity index (χ1n) is 9.04. The number of nitrogens with zero attached hydrogens (tertiary/aromatic N) is 1. The Balaban J connectivity index is 1.58. The van der Waals surface area contributed by atoms with Crippen molar-refractivity contribution in [2.45, 2.75) is 38.1 Å². The molecular formula is C19H19FN2O5. The van der Waals surface area contributed by atoms with Crippen LogP contribution < -0.4 is 5.32 Å². The number of hydrogen-bond acceptors (Lipinski definition) is 5. The fraction of sp³-hybridized carbons (Fsp3) is 0.474. The van der Waals surface area contributed by atoms with Gasteiger partial charge in [0.1, 0.15) is 11.9 Å². The summed E-state index contributed by atoms with van der Waals surface area (Å²) in [6.07, 6.45) is 2.16. The fourth-order valence-corrected chi connectivity index (χ4v) is 4.19. The number of hydrogen-bond donors (Lipinski definition) is 2. The third kappa shape index (κ3) is 2.93. The van der Waals surface area contributed by atoms with Crippen LogP contribution in [-0.2, 0) is 16.0 Å². The quantitative estimate of drug-likeness (QED) is 0.759. The number of amides is 4. The van der Waals surface area contributed by atoms with E-state index in [1.54, 1.807) is 0 Å². The summed E-state index contributed by atoms with van der Waals surface area (Å²) in [6.45, 7) is 0.122. The van der Waals surface area contributed by atoms with E-state index in [-0.39, 0.29) is 42.4 Å². The molecule has 1 saturated heterocycles. The van der Waals surface area contributed by atoms with Gasteiger partial charge in [-0.05, 0) is 55.2 Å². The molecule has 27 heavy (non-hydrogen) atoms. The molecule has 2 N–H and O–H groups in total. The largest absolute Gasteiger partial charge is 0.396 e. The lowest BCUT2D eigenvalue weighted by Crippen LogP contribution is -2.54. The number of fused-ring (bicyclic) bond motifs is 1. The van der Waals surface area contributed by atoms with E-state index < -0.39 is 35.5 Å². The summed E-state index contributed by atoms with van der Waals surface area (Å²) < 4.78 is 14.5. The molecule has 0 bridgehead atoms. The lowest BCUT2D eigenvalue weighted by Gasteiger charge is -2.34. The predicted molar refractivity (Wildman–Crippen MR) is 90.1 cm³/mol. The molecule has 8 heteroatoms. The molecule has 0 aromatic heterocycles. The van der Waals surface area contributed by atoms with E-state index in [2.05, 4.69) is 5.32 Å². The molecule has 1 aliphatic carbocycles. The number of rotatable bonds is 4. The number of aliphatic hydroxyl groups excluding tert-OH is 1. The first-order chi connectivity index (χ1) is 12.9. The summed E-state index contributed by atoms with van der Waals surface area (Å²) in [4.78, 5) is 49.5. The van der Waals surface area contributed by atoms with Crippen LogP contribution in [0.1, 0.15) is 52.0 Å². The molecular weight excluding hydrogens is 355 g/mol. The Labute approximate surface area is 154 Å². The molecule has 0 radical (unpaired) electrons. The van der Waals surface area contributed by atoms with Crippen LogP contribution in [0, 0.1) is 17.7 Å². The highest BCUT2D eigenvalue weighted by Crippen LogP contribution is 2.37. The van der Waals surface area contributed by atoms with Crippen molar-refractivity contribution in [1.82, 2.24) is 10.2 Å². The van der Waals surface area contributed by atoms with Crippen LogP contribution in [0.5, 0.6) is 0 Å². The van der Waals surface area contributed by atoms with Crippen LogP contribution >= 0.6 is 0 Å². The molecule has 1 saturated carbocycles. The van der Waals surface area contributed by atoms with Gasteiger partial charge < -0.3 is 5.11 Å². The normalized spacial score (nSPS) is 27.5. The highest BCUT2D eigenvalue weighted by atomic mass is 19.1. The smallest absolute Gasteiger partial charge is 0.262 e. The Morgan fingerprint density at radius 1 is 1.07 bits per heavy atom. The number of aliphatic hydroxyl groups is 1. The summed E-state index contributed by atoms with van der Waals surface area (Å²) in [5.41, 5.74) is 0.410. The average Bonchev–Trinajstić information content (AvgIpc) is 2.82. The third-order valence-electron chi connectivity index (χ3n) is 5.71. The minimum absolute atomic E-state index is 0.0388. The Morgan fingerprint density at radius 3 is 2.37 bits per heavy atom. The van der Waals surface area contributed by atoms with E-state index >= 15 is 0 Å². The van der Waals surface area contributed by atoms with Gasteiger partial charge in [-0.1, -0.05) is 0 Å². The maximum atomic E-state index is 14.5. The molecule has 1 atom stereocenters. The monoisotopic (exact) mass is 374 g/mol. The minimum Gasteiger partial charge on any atom is -0.396 e. The Kier molecular flexibility index (Phi) is 4.30. The highest BCUT2D eigenvalue weighted by molar-refractivity contribution is 6.23. The van der Waals surface area contributed by atoms with Gasteiger partial charge in [0.2, 0.25) is 11.8 Å². The van der Waals surface area contributed by atoms with Crippen molar-refractivity contribution in [2.75, 3.05) is 6.61 Å². The summed E-state index contributed by atoms with van der Waals surface area (Å²) in [5.74, 6) is -2.53. The van der Waals surface area contributed by atoms with E-state index in [4.69, 9.17) is 5.11 Å². The average molecular weight is 374 g/mol. The molecule has 7 nitrogen and oxygen atoms in total. The maximum absolute atomic E-state index is 14.5. The second kappa shape index (κ2) is 6.53. The minimum atomic E-state index is -1.06. The van der Waals surface area contributed by atoms with Crippen LogP contribution in [0.2, 0.25) is 0 Å². The van der Waals surface area contributed by atoms with E-state index in [1.165, 1.54) is 6.07 Å². The molecule has 4 rings (SSSR count). The van der Waals surface area contributed by atoms with Gasteiger partial charge >= 0.3 is 0 Å². The van der Waals surface area contributed by atoms with Gasteiger partial charge in [0, 0.05) is 13.0 Å². The fourth-order valence-electron chi connectivity index (χ4n) is 4.19. The van der Waals surface area contributed by atoms with Crippen molar-refractivity contribution in [3.05, 3.63) is 34.6 Å². The van der Waals surface area contributed by atoms with Crippen molar-refractivity contribution >= 4 is 23.6 Å². The van der Waals surface area contributed by atoms with Crippen LogP contribution in [0.3, 0.4) is 0 Å². The number of halogens is 1. The zero-order valence-electron chi connectivity index (χ0n) is 14.5. The SMILES string of the molecule is O=C1CCC(N2C(=O)c3cc(F)c(CC4CC(CO)C4)cc3C2=O)C(=O)N1. The summed E-state index contributed by atoms with van der Waals surface area (Å²) in [7, 11) is 0. The summed E-state index contributed by atoms with van der Waals surface area (Å²) >= 11 is 0. The Bertz CT molecular complexity index is 862. The predicted octanol–water partition coefficient (Wildman–Crippen LogP) is 0.788. The van der Waals surface area contributed by atoms with E-state index in [0.717, 1.165) is 23.8 Å². The molecule has 1 aromatic carbocycles. The Morgan fingerprint density at radius 2 is 1.74 bits per heavy atom. The topological polar surface area (TPSA) is 104 Å². The molecule has 0 spiro atoms. The van der Waals surface area contributed by atoms with Gasteiger partial charge in [-0.2, -0.15) is 0 Å². The van der Waals surface area contributed by atoms with E-state index in [0.29, 0.717) is 12.0 Å². The second-order valence-corrected chi connectivity index (χ2v) is 7.53. The van der Waals surface area contributed by atoms with Gasteiger partial charge in [0.25, 0.3) is 11.8 Å². The number of imide groups is 2. The standard InChI is InChI=1S/C19H19FN2O5/c20-14-7-13-12(6-11(14)5-9-3-10(4-9)8-23)18(26)22(19(13)27)15-1-2-16(24)21-17(15)25/h6-7,9-10,15,23H,1-5,8H2,(H,21,24,25). The molecule has 2 aliphatic heterocycles. The first kappa shape index (κ1) is 17.8. The molecule has 1 unspecified atom stereocenters. The highest BCUT2D eigenvalue weighted by Gasteiger charge is 2.45. The molecule has 1 aromatic rings. The zero-order chi connectivity index (χ0) is 19.3. The molecule has 2 fully saturated rings. The number of carbonyl (C=O) groups is 4. The molecule has 3 aliphatic rings. The van der Waals surface area contributed by atoms with Crippen molar-refractivity contribution in [1.29, 1.82) is 0 Å². The number of benzene rings is 1. The van der Waals surface area contributed by atoms with Crippen molar-refractivity contribution < 1.29 is 28.7 Å². The van der Waals surface area contributed by atoms with Crippen molar-refractivity contribution in [3.63, 3.8) is 0 Å². The van der Waals surface area contributed by atoms with Crippen LogP contribution in [0.15, 0.2) is 12.1 Å². The van der Waals surface area contributed by atoms with E-state index in [1.807, 2.05) is 0 Å². The molecule has 142 valence electrons. The molecule has 4 amide bonds. The number of nitrogens with one attached hydrogen (secondary N) is 1. The lowest BCUT2D eigenvalue weighted by atomic mass is 9.72. The van der Waals surface area contributed by atoms with Gasteiger partial charge in [-0.15, -0.1) is 0 Å². The van der Waals surface area contributed by atoms with Crippen LogP contribution in [-0.4, -0.2) is 46.3 Å². The first-order valence-corrected chi connectivity index (χ1v) is 9.04. The van der Waals surface area contributed by atoms with Crippen molar-refractivity contribution in [3.8, 4) is 0 Å². The summed E-state index contributed by atoms with van der Waals surface area (Å²) in [6, 6.07) is 1.42. The van der Waals surface area contributed by atoms with Crippen LogP contribution in [0.4, 0.5) is 4.39 Å². The zero-order valence-corrected chi connectivity index (χ0v) is 14.5. The van der Waals surface area contributed by atoms with Gasteiger partial charge in [-0.25, -0.2) is 4.39 Å². The number of carbonyl (C=O) groups excluding carboxylic acids is 4. The summed E-state index contributed by atoms with van der Waals surface area (Å²) in [5, 5.41) is 11.2. The maximum Gasteiger partial charge on any atom is 0.262 e.